The number of carbonyl (C=O) groups is 2. The normalized spacial score (nSPS) is 11.0. The molecule has 0 aliphatic heterocycles. The summed E-state index contributed by atoms with van der Waals surface area (Å²) in [6.45, 7) is 7.65. The minimum absolute atomic E-state index is 0.000935. The zero-order valence-electron chi connectivity index (χ0n) is 19.8. The topological polar surface area (TPSA) is 71.3 Å². The molecule has 0 spiro atoms. The molecule has 1 aromatic heterocycles. The third-order valence-electron chi connectivity index (χ3n) is 5.80. The van der Waals surface area contributed by atoms with Crippen molar-refractivity contribution in [2.45, 2.75) is 58.9 Å². The molecule has 0 bridgehead atoms. The van der Waals surface area contributed by atoms with Crippen LogP contribution >= 0.6 is 0 Å². The fourth-order valence-corrected chi connectivity index (χ4v) is 3.92. The molecule has 3 rings (SSSR count). The first-order valence-electron chi connectivity index (χ1n) is 11.7. The van der Waals surface area contributed by atoms with Crippen LogP contribution in [0.1, 0.15) is 71.6 Å². The maximum absolute atomic E-state index is 13.3. The predicted molar refractivity (Wildman–Crippen MR) is 133 cm³/mol. The third-order valence-corrected chi connectivity index (χ3v) is 5.80. The van der Waals surface area contributed by atoms with Crippen molar-refractivity contribution in [3.05, 3.63) is 88.7 Å². The first-order chi connectivity index (χ1) is 15.8. The summed E-state index contributed by atoms with van der Waals surface area (Å²) in [5.41, 5.74) is 5.89. The second kappa shape index (κ2) is 11.5. The largest absolute Gasteiger partial charge is 0.481 e. The lowest BCUT2D eigenvalue weighted by atomic mass is 9.96. The lowest BCUT2D eigenvalue weighted by molar-refractivity contribution is -0.137. The molecule has 1 heterocycles. The van der Waals surface area contributed by atoms with Gasteiger partial charge in [-0.15, -0.1) is 0 Å². The zero-order valence-corrected chi connectivity index (χ0v) is 19.8. The van der Waals surface area contributed by atoms with Gasteiger partial charge in [-0.05, 0) is 55.4 Å². The van der Waals surface area contributed by atoms with E-state index in [4.69, 9.17) is 5.11 Å². The molecule has 0 atom stereocenters. The van der Waals surface area contributed by atoms with Gasteiger partial charge in [0.2, 0.25) is 0 Å². The summed E-state index contributed by atoms with van der Waals surface area (Å²) in [5.74, 6) is -0.600. The van der Waals surface area contributed by atoms with Crippen molar-refractivity contribution in [2.24, 2.45) is 0 Å². The van der Waals surface area contributed by atoms with Crippen molar-refractivity contribution in [3.63, 3.8) is 0 Å². The molecule has 0 unspecified atom stereocenters. The molecular formula is C28H34N2O3. The molecule has 0 aliphatic carbocycles. The Morgan fingerprint density at radius 1 is 1.03 bits per heavy atom. The van der Waals surface area contributed by atoms with Crippen LogP contribution in [0.15, 0.2) is 60.9 Å². The number of aliphatic carboxylic acids is 1. The average Bonchev–Trinajstić information content (AvgIpc) is 3.22. The summed E-state index contributed by atoms with van der Waals surface area (Å²) in [7, 11) is 0. The second-order valence-corrected chi connectivity index (χ2v) is 8.94. The Morgan fingerprint density at radius 2 is 1.79 bits per heavy atom. The molecule has 33 heavy (non-hydrogen) atoms. The van der Waals surface area contributed by atoms with Crippen LogP contribution in [-0.4, -0.2) is 28.0 Å². The van der Waals surface area contributed by atoms with E-state index in [1.165, 1.54) is 11.1 Å². The molecule has 2 N–H and O–H groups in total. The zero-order chi connectivity index (χ0) is 23.8. The molecule has 5 heteroatoms. The number of nitrogens with zero attached hydrogens (tertiary/aromatic N) is 1. The predicted octanol–water partition coefficient (Wildman–Crippen LogP) is 6.06. The first kappa shape index (κ1) is 24.3. The van der Waals surface area contributed by atoms with Crippen molar-refractivity contribution in [1.29, 1.82) is 0 Å². The molecule has 0 fully saturated rings. The van der Waals surface area contributed by atoms with Gasteiger partial charge < -0.3 is 15.0 Å². The van der Waals surface area contributed by atoms with Crippen molar-refractivity contribution in [3.8, 4) is 0 Å². The summed E-state index contributed by atoms with van der Waals surface area (Å²) < 4.78 is 1.94. The minimum atomic E-state index is -0.800. The number of nitrogens with one attached hydrogen (secondary N) is 1. The molecule has 174 valence electrons. The molecular weight excluding hydrogens is 412 g/mol. The van der Waals surface area contributed by atoms with Gasteiger partial charge in [-0.2, -0.15) is 0 Å². The number of benzene rings is 2. The van der Waals surface area contributed by atoms with Crippen LogP contribution < -0.4 is 5.32 Å². The second-order valence-electron chi connectivity index (χ2n) is 8.94. The molecule has 3 aromatic rings. The Labute approximate surface area is 196 Å². The van der Waals surface area contributed by atoms with E-state index >= 15 is 0 Å². The number of carboxylic acids is 1. The van der Waals surface area contributed by atoms with Crippen LogP contribution in [0.25, 0.3) is 0 Å². The Morgan fingerprint density at radius 3 is 2.48 bits per heavy atom. The van der Waals surface area contributed by atoms with Gasteiger partial charge in [0.15, 0.2) is 5.78 Å². The van der Waals surface area contributed by atoms with Crippen LogP contribution in [-0.2, 0) is 17.8 Å². The van der Waals surface area contributed by atoms with E-state index in [0.29, 0.717) is 24.1 Å². The van der Waals surface area contributed by atoms with Gasteiger partial charge in [-0.3, -0.25) is 9.59 Å². The molecule has 0 saturated carbocycles. The van der Waals surface area contributed by atoms with E-state index in [-0.39, 0.29) is 18.1 Å². The van der Waals surface area contributed by atoms with E-state index in [9.17, 15) is 9.59 Å². The molecule has 0 amide bonds. The highest BCUT2D eigenvalue weighted by molar-refractivity contribution is 6.10. The Hall–Kier alpha value is -3.34. The highest BCUT2D eigenvalue weighted by Crippen LogP contribution is 2.25. The van der Waals surface area contributed by atoms with E-state index in [0.717, 1.165) is 30.6 Å². The molecule has 0 aliphatic rings. The van der Waals surface area contributed by atoms with Crippen molar-refractivity contribution in [1.82, 2.24) is 4.57 Å². The van der Waals surface area contributed by atoms with Gasteiger partial charge in [0.05, 0.1) is 0 Å². The van der Waals surface area contributed by atoms with Gasteiger partial charge in [0.1, 0.15) is 0 Å². The Bertz CT molecular complexity index is 1080. The fraction of sp³-hybridized carbons (Fsp3) is 0.357. The lowest BCUT2D eigenvalue weighted by Crippen LogP contribution is -2.07. The lowest BCUT2D eigenvalue weighted by Gasteiger charge is -2.10. The molecule has 5 nitrogen and oxygen atoms in total. The van der Waals surface area contributed by atoms with E-state index in [1.807, 2.05) is 41.2 Å². The van der Waals surface area contributed by atoms with Gasteiger partial charge in [0, 0.05) is 48.7 Å². The van der Waals surface area contributed by atoms with Crippen LogP contribution in [0, 0.1) is 6.92 Å². The number of rotatable bonds is 12. The number of anilines is 1. The third kappa shape index (κ3) is 7.07. The van der Waals surface area contributed by atoms with Crippen LogP contribution in [0.4, 0.5) is 5.69 Å². The van der Waals surface area contributed by atoms with Crippen LogP contribution in [0.3, 0.4) is 0 Å². The number of hydrogen-bond donors (Lipinski definition) is 2. The first-order valence-corrected chi connectivity index (χ1v) is 11.7. The highest BCUT2D eigenvalue weighted by Gasteiger charge is 2.19. The number of hydrogen-bond acceptors (Lipinski definition) is 3. The highest BCUT2D eigenvalue weighted by atomic mass is 16.4. The summed E-state index contributed by atoms with van der Waals surface area (Å²) in [5, 5.41) is 12.3. The molecule has 2 aromatic carbocycles. The van der Waals surface area contributed by atoms with E-state index in [2.05, 4.69) is 50.4 Å². The van der Waals surface area contributed by atoms with Crippen LogP contribution in [0.5, 0.6) is 0 Å². The maximum atomic E-state index is 13.3. The van der Waals surface area contributed by atoms with E-state index < -0.39 is 5.97 Å². The Balaban J connectivity index is 1.63. The SMILES string of the molecule is Cc1ccc(CCCNc2cccc(C(=O)c3cn(CCCC(=O)O)cc3C(C)C)c2)cc1. The summed E-state index contributed by atoms with van der Waals surface area (Å²) in [4.78, 5) is 24.1. The average molecular weight is 447 g/mol. The number of aryl methyl sites for hydroxylation is 3. The van der Waals surface area contributed by atoms with E-state index in [1.54, 1.807) is 0 Å². The van der Waals surface area contributed by atoms with Gasteiger partial charge >= 0.3 is 5.97 Å². The van der Waals surface area contributed by atoms with Crippen molar-refractivity contribution in [2.75, 3.05) is 11.9 Å². The van der Waals surface area contributed by atoms with Gasteiger partial charge in [-0.25, -0.2) is 0 Å². The molecule has 0 radical (unpaired) electrons. The number of carbonyl (C=O) groups excluding carboxylic acids is 1. The standard InChI is InChI=1S/C28H34N2O3/c1-20(2)25-18-30(16-6-10-27(31)32)19-26(25)28(33)23-8-4-9-24(17-23)29-15-5-7-22-13-11-21(3)12-14-22/h4,8-9,11-14,17-20,29H,5-7,10,15-16H2,1-3H3,(H,31,32). The summed E-state index contributed by atoms with van der Waals surface area (Å²) in [6.07, 6.45) is 6.53. The number of carboxylic acid groups (broad SMARTS) is 1. The number of aromatic nitrogens is 1. The summed E-state index contributed by atoms with van der Waals surface area (Å²) >= 11 is 0. The monoisotopic (exact) mass is 446 g/mol. The van der Waals surface area contributed by atoms with Crippen molar-refractivity contribution >= 4 is 17.4 Å². The fourth-order valence-electron chi connectivity index (χ4n) is 3.92. The quantitative estimate of drug-likeness (QED) is 0.262. The van der Waals surface area contributed by atoms with Gasteiger partial charge in [0.25, 0.3) is 0 Å². The maximum Gasteiger partial charge on any atom is 0.303 e. The number of ketones is 1. The Kier molecular flexibility index (Phi) is 8.47. The van der Waals surface area contributed by atoms with Crippen LogP contribution in [0.2, 0.25) is 0 Å². The molecule has 0 saturated heterocycles. The van der Waals surface area contributed by atoms with Crippen molar-refractivity contribution < 1.29 is 14.7 Å². The van der Waals surface area contributed by atoms with Gasteiger partial charge in [-0.1, -0.05) is 55.8 Å². The smallest absolute Gasteiger partial charge is 0.303 e. The summed E-state index contributed by atoms with van der Waals surface area (Å²) in [6, 6.07) is 16.3. The minimum Gasteiger partial charge on any atom is -0.481 e.